The van der Waals surface area contributed by atoms with Gasteiger partial charge in [0, 0.05) is 56.1 Å². The molecule has 2 fully saturated rings. The van der Waals surface area contributed by atoms with E-state index in [1.807, 2.05) is 0 Å². The van der Waals surface area contributed by atoms with Crippen molar-refractivity contribution in [2.45, 2.75) is 25.7 Å². The van der Waals surface area contributed by atoms with E-state index < -0.39 is 10.2 Å². The van der Waals surface area contributed by atoms with Gasteiger partial charge in [0.05, 0.1) is 5.56 Å². The van der Waals surface area contributed by atoms with Crippen LogP contribution in [0.2, 0.25) is 0 Å². The normalized spacial score (nSPS) is 21.1. The summed E-state index contributed by atoms with van der Waals surface area (Å²) in [5.74, 6) is -0.111. The molecule has 2 saturated heterocycles. The standard InChI is InChI=1S/C16H23BrN4O3S/c17-15-11-14(12-18-13-15)16(22)19-7-9-21(10-8-19)25(23,24)20-5-3-1-2-4-6-20/h11-13H,1-10H2. The zero-order chi connectivity index (χ0) is 17.9. The number of hydrogen-bond donors (Lipinski definition) is 0. The molecular formula is C16H23BrN4O3S. The Bertz CT molecular complexity index is 712. The van der Waals surface area contributed by atoms with Crippen LogP contribution in [-0.2, 0) is 10.2 Å². The Kier molecular flexibility index (Phi) is 6.08. The average Bonchev–Trinajstić information content (AvgIpc) is 2.91. The van der Waals surface area contributed by atoms with Crippen molar-refractivity contribution in [2.24, 2.45) is 0 Å². The average molecular weight is 431 g/mol. The lowest BCUT2D eigenvalue weighted by Gasteiger charge is -2.36. The zero-order valence-electron chi connectivity index (χ0n) is 14.1. The van der Waals surface area contributed by atoms with Crippen molar-refractivity contribution >= 4 is 32.0 Å². The topological polar surface area (TPSA) is 73.8 Å². The molecule has 9 heteroatoms. The van der Waals surface area contributed by atoms with Crippen LogP contribution in [-0.4, -0.2) is 72.1 Å². The number of carbonyl (C=O) groups excluding carboxylic acids is 1. The summed E-state index contributed by atoms with van der Waals surface area (Å²) in [6.07, 6.45) is 7.20. The summed E-state index contributed by atoms with van der Waals surface area (Å²) < 4.78 is 29.5. The van der Waals surface area contributed by atoms with Gasteiger partial charge in [0.25, 0.3) is 16.1 Å². The fourth-order valence-corrected chi connectivity index (χ4v) is 5.30. The van der Waals surface area contributed by atoms with Crippen LogP contribution in [0, 0.1) is 0 Å². The molecule has 0 saturated carbocycles. The fourth-order valence-electron chi connectivity index (χ4n) is 3.27. The van der Waals surface area contributed by atoms with Crippen LogP contribution in [0.5, 0.6) is 0 Å². The van der Waals surface area contributed by atoms with E-state index in [1.54, 1.807) is 21.5 Å². The van der Waals surface area contributed by atoms with Crippen LogP contribution in [0.25, 0.3) is 0 Å². The minimum Gasteiger partial charge on any atom is -0.336 e. The smallest absolute Gasteiger partial charge is 0.282 e. The Morgan fingerprint density at radius 3 is 2.12 bits per heavy atom. The van der Waals surface area contributed by atoms with Gasteiger partial charge in [-0.05, 0) is 34.8 Å². The van der Waals surface area contributed by atoms with Gasteiger partial charge in [0.15, 0.2) is 0 Å². The first-order valence-electron chi connectivity index (χ1n) is 8.63. The molecular weight excluding hydrogens is 408 g/mol. The maximum Gasteiger partial charge on any atom is 0.282 e. The second kappa shape index (κ2) is 8.11. The SMILES string of the molecule is O=C(c1cncc(Br)c1)N1CCN(S(=O)(=O)N2CCCCCC2)CC1. The van der Waals surface area contributed by atoms with E-state index in [-0.39, 0.29) is 5.91 Å². The molecule has 0 aromatic carbocycles. The highest BCUT2D eigenvalue weighted by Crippen LogP contribution is 2.19. The third-order valence-corrected chi connectivity index (χ3v) is 7.16. The molecule has 2 aliphatic heterocycles. The van der Waals surface area contributed by atoms with Gasteiger partial charge in [0.2, 0.25) is 0 Å². The summed E-state index contributed by atoms with van der Waals surface area (Å²) in [6, 6.07) is 1.73. The van der Waals surface area contributed by atoms with Crippen LogP contribution in [0.3, 0.4) is 0 Å². The van der Waals surface area contributed by atoms with E-state index in [0.29, 0.717) is 44.8 Å². The van der Waals surface area contributed by atoms with Crippen LogP contribution in [0.1, 0.15) is 36.0 Å². The molecule has 0 spiro atoms. The second-order valence-electron chi connectivity index (χ2n) is 6.40. The largest absolute Gasteiger partial charge is 0.336 e. The van der Waals surface area contributed by atoms with E-state index in [0.717, 1.165) is 30.2 Å². The van der Waals surface area contributed by atoms with Gasteiger partial charge >= 0.3 is 0 Å². The van der Waals surface area contributed by atoms with Gasteiger partial charge in [-0.25, -0.2) is 0 Å². The number of piperazine rings is 1. The summed E-state index contributed by atoms with van der Waals surface area (Å²) >= 11 is 3.31. The van der Waals surface area contributed by atoms with E-state index in [1.165, 1.54) is 10.5 Å². The molecule has 3 rings (SSSR count). The predicted molar refractivity (Wildman–Crippen MR) is 98.4 cm³/mol. The Hall–Kier alpha value is -1.03. The summed E-state index contributed by atoms with van der Waals surface area (Å²) in [5, 5.41) is 0. The Balaban J connectivity index is 1.62. The van der Waals surface area contributed by atoms with Crippen LogP contribution in [0.15, 0.2) is 22.9 Å². The zero-order valence-corrected chi connectivity index (χ0v) is 16.5. The molecule has 2 aliphatic rings. The molecule has 1 aromatic heterocycles. The minimum absolute atomic E-state index is 0.111. The molecule has 0 atom stereocenters. The van der Waals surface area contributed by atoms with Crippen molar-refractivity contribution < 1.29 is 13.2 Å². The molecule has 138 valence electrons. The van der Waals surface area contributed by atoms with Crippen molar-refractivity contribution in [3.63, 3.8) is 0 Å². The van der Waals surface area contributed by atoms with Crippen molar-refractivity contribution in [3.05, 3.63) is 28.5 Å². The molecule has 0 radical (unpaired) electrons. The third kappa shape index (κ3) is 4.39. The van der Waals surface area contributed by atoms with E-state index in [4.69, 9.17) is 0 Å². The highest BCUT2D eigenvalue weighted by Gasteiger charge is 2.33. The first kappa shape index (κ1) is 18.8. The van der Waals surface area contributed by atoms with Gasteiger partial charge < -0.3 is 4.90 Å². The Morgan fingerprint density at radius 1 is 0.920 bits per heavy atom. The first-order chi connectivity index (χ1) is 12.0. The lowest BCUT2D eigenvalue weighted by Crippen LogP contribution is -2.54. The molecule has 0 bridgehead atoms. The Labute approximate surface area is 157 Å². The van der Waals surface area contributed by atoms with Crippen molar-refractivity contribution in [1.82, 2.24) is 18.5 Å². The number of rotatable bonds is 3. The van der Waals surface area contributed by atoms with Crippen molar-refractivity contribution in [2.75, 3.05) is 39.3 Å². The van der Waals surface area contributed by atoms with Crippen LogP contribution in [0.4, 0.5) is 0 Å². The molecule has 1 aromatic rings. The van der Waals surface area contributed by atoms with E-state index in [9.17, 15) is 13.2 Å². The van der Waals surface area contributed by atoms with Gasteiger partial charge in [-0.1, -0.05) is 12.8 Å². The second-order valence-corrected chi connectivity index (χ2v) is 9.25. The maximum absolute atomic E-state index is 12.8. The molecule has 0 N–H and O–H groups in total. The van der Waals surface area contributed by atoms with Crippen molar-refractivity contribution in [1.29, 1.82) is 0 Å². The Morgan fingerprint density at radius 2 is 1.52 bits per heavy atom. The van der Waals surface area contributed by atoms with Crippen LogP contribution < -0.4 is 0 Å². The van der Waals surface area contributed by atoms with E-state index >= 15 is 0 Å². The number of hydrogen-bond acceptors (Lipinski definition) is 4. The maximum atomic E-state index is 12.8. The van der Waals surface area contributed by atoms with E-state index in [2.05, 4.69) is 20.9 Å². The number of halogens is 1. The fraction of sp³-hybridized carbons (Fsp3) is 0.625. The first-order valence-corrected chi connectivity index (χ1v) is 10.8. The summed E-state index contributed by atoms with van der Waals surface area (Å²) in [4.78, 5) is 18.3. The van der Waals surface area contributed by atoms with Gasteiger partial charge in [-0.3, -0.25) is 9.78 Å². The summed E-state index contributed by atoms with van der Waals surface area (Å²) in [6.45, 7) is 2.69. The van der Waals surface area contributed by atoms with Gasteiger partial charge in [-0.15, -0.1) is 0 Å². The van der Waals surface area contributed by atoms with Crippen molar-refractivity contribution in [3.8, 4) is 0 Å². The predicted octanol–water partition coefficient (Wildman–Crippen LogP) is 1.72. The number of carbonyl (C=O) groups is 1. The molecule has 0 aliphatic carbocycles. The molecule has 1 amide bonds. The molecule has 7 nitrogen and oxygen atoms in total. The van der Waals surface area contributed by atoms with Crippen LogP contribution >= 0.6 is 15.9 Å². The van der Waals surface area contributed by atoms with Gasteiger partial charge in [-0.2, -0.15) is 17.0 Å². The lowest BCUT2D eigenvalue weighted by molar-refractivity contribution is 0.0693. The monoisotopic (exact) mass is 430 g/mol. The number of pyridine rings is 1. The molecule has 0 unspecified atom stereocenters. The van der Waals surface area contributed by atoms with Gasteiger partial charge in [0.1, 0.15) is 0 Å². The number of amides is 1. The highest BCUT2D eigenvalue weighted by molar-refractivity contribution is 9.10. The minimum atomic E-state index is -3.42. The number of aromatic nitrogens is 1. The lowest BCUT2D eigenvalue weighted by atomic mass is 10.2. The highest BCUT2D eigenvalue weighted by atomic mass is 79.9. The molecule has 25 heavy (non-hydrogen) atoms. The number of nitrogens with zero attached hydrogens (tertiary/aromatic N) is 4. The summed E-state index contributed by atoms with van der Waals surface area (Å²) in [5.41, 5.74) is 0.512. The summed E-state index contributed by atoms with van der Waals surface area (Å²) in [7, 11) is -3.42. The third-order valence-electron chi connectivity index (χ3n) is 4.70. The molecule has 3 heterocycles. The quantitative estimate of drug-likeness (QED) is 0.731.